The van der Waals surface area contributed by atoms with Gasteiger partial charge in [-0.15, -0.1) is 0 Å². The molecule has 0 radical (unpaired) electrons. The molecule has 0 atom stereocenters. The van der Waals surface area contributed by atoms with Crippen LogP contribution in [0, 0.1) is 13.8 Å². The van der Waals surface area contributed by atoms with Crippen LogP contribution in [0.25, 0.3) is 33.0 Å². The minimum Gasteiger partial charge on any atom is -0.507 e. The van der Waals surface area contributed by atoms with Gasteiger partial charge in [0, 0.05) is 61.3 Å². The average Bonchev–Trinajstić information content (AvgIpc) is 3.08. The molecule has 8 heteroatoms. The van der Waals surface area contributed by atoms with Crippen LogP contribution in [0.2, 0.25) is 0 Å². The zero-order valence-electron chi connectivity index (χ0n) is 26.6. The van der Waals surface area contributed by atoms with E-state index >= 15 is 0 Å². The van der Waals surface area contributed by atoms with Crippen molar-refractivity contribution < 1.29 is 20.4 Å². The highest BCUT2D eigenvalue weighted by atomic mass is 16.3. The second-order valence-corrected chi connectivity index (χ2v) is 12.3. The summed E-state index contributed by atoms with van der Waals surface area (Å²) in [5.74, 6) is -1.77. The molecule has 0 unspecified atom stereocenters. The van der Waals surface area contributed by atoms with Crippen molar-refractivity contribution in [2.75, 3.05) is 0 Å². The van der Waals surface area contributed by atoms with E-state index in [9.17, 15) is 39.6 Å². The summed E-state index contributed by atoms with van der Waals surface area (Å²) in [7, 11) is 0. The molecule has 0 spiro atoms. The van der Waals surface area contributed by atoms with Crippen LogP contribution in [0.15, 0.2) is 92.0 Å². The van der Waals surface area contributed by atoms with Gasteiger partial charge in [0.1, 0.15) is 11.5 Å². The van der Waals surface area contributed by atoms with Gasteiger partial charge in [0.25, 0.3) is 0 Å². The standard InChI is InChI=1S/C40H34O8/c1-21-31(39(47)27-19-29(41)37(45)25(33(27)35(21)43)17-9-15-23-11-5-3-6-12-23)32-22(2)36(44)34-26(18-10-16-24-13-7-4-8-14-24)38(46)30(42)20-28(34)40(32)48/h3-8,11-14,19-20,41,43,45,47H,9-10,15-18H2,1-2H3. The third-order valence-corrected chi connectivity index (χ3v) is 9.32. The van der Waals surface area contributed by atoms with Gasteiger partial charge >= 0.3 is 0 Å². The fourth-order valence-electron chi connectivity index (χ4n) is 6.84. The monoisotopic (exact) mass is 642 g/mol. The van der Waals surface area contributed by atoms with Crippen molar-refractivity contribution in [1.82, 2.24) is 0 Å². The second kappa shape index (κ2) is 12.8. The molecule has 48 heavy (non-hydrogen) atoms. The Balaban J connectivity index is 1.50. The molecule has 0 aromatic heterocycles. The van der Waals surface area contributed by atoms with Crippen LogP contribution in [-0.2, 0) is 25.7 Å². The van der Waals surface area contributed by atoms with Gasteiger partial charge in [-0.2, -0.15) is 0 Å². The van der Waals surface area contributed by atoms with E-state index < -0.39 is 39.0 Å². The lowest BCUT2D eigenvalue weighted by Gasteiger charge is -2.20. The summed E-state index contributed by atoms with van der Waals surface area (Å²) in [6, 6.07) is 21.2. The van der Waals surface area contributed by atoms with Crippen LogP contribution in [0.3, 0.4) is 0 Å². The molecule has 0 saturated carbocycles. The maximum absolute atomic E-state index is 14.2. The lowest BCUT2D eigenvalue weighted by molar-refractivity contribution is 0.399. The Kier molecular flexibility index (Phi) is 8.58. The van der Waals surface area contributed by atoms with E-state index in [-0.39, 0.29) is 73.9 Å². The topological polar surface area (TPSA) is 149 Å². The van der Waals surface area contributed by atoms with Gasteiger partial charge in [-0.25, -0.2) is 0 Å². The summed E-state index contributed by atoms with van der Waals surface area (Å²) in [6.45, 7) is 2.88. The molecule has 0 amide bonds. The molecule has 4 aromatic rings. The van der Waals surface area contributed by atoms with E-state index in [1.165, 1.54) is 13.8 Å². The predicted octanol–water partition coefficient (Wildman–Crippen LogP) is 5.72. The van der Waals surface area contributed by atoms with Crippen LogP contribution in [0.1, 0.15) is 46.2 Å². The number of aryl methyl sites for hydroxylation is 3. The van der Waals surface area contributed by atoms with Gasteiger partial charge in [-0.3, -0.25) is 19.2 Å². The molecule has 0 bridgehead atoms. The van der Waals surface area contributed by atoms with Crippen LogP contribution >= 0.6 is 0 Å². The van der Waals surface area contributed by atoms with Crippen molar-refractivity contribution in [2.24, 2.45) is 0 Å². The minimum atomic E-state index is -0.911. The molecule has 0 saturated heterocycles. The maximum Gasteiger partial charge on any atom is 0.229 e. The zero-order chi connectivity index (χ0) is 34.3. The Hall–Kier alpha value is -5.76. The predicted molar refractivity (Wildman–Crippen MR) is 187 cm³/mol. The van der Waals surface area contributed by atoms with Crippen LogP contribution in [0.4, 0.5) is 0 Å². The summed E-state index contributed by atoms with van der Waals surface area (Å²) in [4.78, 5) is 54.0. The largest absolute Gasteiger partial charge is 0.507 e. The summed E-state index contributed by atoms with van der Waals surface area (Å²) in [5.41, 5.74) is -1.46. The first kappa shape index (κ1) is 32.2. The number of phenolic OH excluding ortho intramolecular Hbond substituents is 4. The van der Waals surface area contributed by atoms with E-state index in [1.54, 1.807) is 0 Å². The minimum absolute atomic E-state index is 0.00646. The molecule has 0 heterocycles. The summed E-state index contributed by atoms with van der Waals surface area (Å²) in [6.07, 6.45) is 2.64. The average molecular weight is 643 g/mol. The number of hydrogen-bond donors (Lipinski definition) is 4. The Morgan fingerprint density at radius 3 is 1.67 bits per heavy atom. The first-order valence-corrected chi connectivity index (χ1v) is 15.9. The highest BCUT2D eigenvalue weighted by Gasteiger charge is 2.30. The molecule has 2 aliphatic carbocycles. The molecule has 0 aliphatic heterocycles. The Morgan fingerprint density at radius 2 is 1.08 bits per heavy atom. The Morgan fingerprint density at radius 1 is 0.521 bits per heavy atom. The first-order valence-electron chi connectivity index (χ1n) is 15.9. The van der Waals surface area contributed by atoms with Gasteiger partial charge in [-0.1, -0.05) is 60.7 Å². The summed E-state index contributed by atoms with van der Waals surface area (Å²) in [5, 5.41) is 44.8. The van der Waals surface area contributed by atoms with Gasteiger partial charge < -0.3 is 20.4 Å². The SMILES string of the molecule is Cc1c(-c2c(C)c(=O)c3c(CCCc4ccccc4)c(=O)c(=O)cc-3c2=O)c(O)c2cc(O)c(O)c(CCCc3ccccc3)c2c1O. The molecule has 2 aliphatic rings. The third-order valence-electron chi connectivity index (χ3n) is 9.32. The first-order chi connectivity index (χ1) is 23.0. The van der Waals surface area contributed by atoms with E-state index in [0.29, 0.717) is 25.7 Å². The van der Waals surface area contributed by atoms with Crippen LogP contribution < -0.4 is 21.7 Å². The quantitative estimate of drug-likeness (QED) is 0.0889. The molecule has 8 nitrogen and oxygen atoms in total. The van der Waals surface area contributed by atoms with Crippen molar-refractivity contribution >= 4 is 10.8 Å². The molecule has 4 N–H and O–H groups in total. The fraction of sp³-hybridized carbons (Fsp3) is 0.200. The highest BCUT2D eigenvalue weighted by Crippen LogP contribution is 2.50. The number of fused-ring (bicyclic) bond motifs is 2. The molecular weight excluding hydrogens is 608 g/mol. The summed E-state index contributed by atoms with van der Waals surface area (Å²) >= 11 is 0. The lowest BCUT2D eigenvalue weighted by Crippen LogP contribution is -2.34. The fourth-order valence-corrected chi connectivity index (χ4v) is 6.84. The van der Waals surface area contributed by atoms with Gasteiger partial charge in [-0.05, 0) is 69.6 Å². The lowest BCUT2D eigenvalue weighted by atomic mass is 9.84. The van der Waals surface area contributed by atoms with Crippen molar-refractivity contribution in [3.63, 3.8) is 0 Å². The third kappa shape index (κ3) is 5.49. The normalized spacial score (nSPS) is 11.5. The molecular formula is C40H34O8. The number of benzene rings is 6. The molecule has 4 aromatic carbocycles. The Labute approximate surface area is 275 Å². The maximum atomic E-state index is 14.2. The van der Waals surface area contributed by atoms with Crippen molar-refractivity contribution in [3.8, 4) is 45.3 Å². The van der Waals surface area contributed by atoms with E-state index in [2.05, 4.69) is 0 Å². The number of phenols is 4. The van der Waals surface area contributed by atoms with Gasteiger partial charge in [0.15, 0.2) is 22.4 Å². The van der Waals surface area contributed by atoms with Gasteiger partial charge in [0.05, 0.1) is 0 Å². The van der Waals surface area contributed by atoms with E-state index in [1.807, 2.05) is 60.7 Å². The molecule has 242 valence electrons. The number of aromatic hydroxyl groups is 4. The van der Waals surface area contributed by atoms with Crippen LogP contribution in [0.5, 0.6) is 23.0 Å². The molecule has 6 rings (SSSR count). The van der Waals surface area contributed by atoms with Crippen LogP contribution in [-0.4, -0.2) is 20.4 Å². The highest BCUT2D eigenvalue weighted by molar-refractivity contribution is 6.05. The van der Waals surface area contributed by atoms with E-state index in [0.717, 1.165) is 23.3 Å². The second-order valence-electron chi connectivity index (χ2n) is 12.3. The summed E-state index contributed by atoms with van der Waals surface area (Å²) < 4.78 is 0. The zero-order valence-corrected chi connectivity index (χ0v) is 26.6. The number of hydrogen-bond acceptors (Lipinski definition) is 8. The van der Waals surface area contributed by atoms with Crippen molar-refractivity contribution in [1.29, 1.82) is 0 Å². The van der Waals surface area contributed by atoms with Crippen molar-refractivity contribution in [2.45, 2.75) is 52.4 Å². The van der Waals surface area contributed by atoms with E-state index in [4.69, 9.17) is 0 Å². The number of rotatable bonds is 9. The van der Waals surface area contributed by atoms with Crippen molar-refractivity contribution in [3.05, 3.63) is 147 Å². The molecule has 0 fully saturated rings. The van der Waals surface area contributed by atoms with Gasteiger partial charge in [0.2, 0.25) is 10.9 Å². The Bertz CT molecular complexity index is 2370. The smallest absolute Gasteiger partial charge is 0.229 e.